The molecule has 0 unspecified atom stereocenters. The van der Waals surface area contributed by atoms with Crippen molar-refractivity contribution in [3.05, 3.63) is 48.6 Å². The average Bonchev–Trinajstić information content (AvgIpc) is 2.07. The third-order valence-electron chi connectivity index (χ3n) is 1.27. The second-order valence-electron chi connectivity index (χ2n) is 2.19. The van der Waals surface area contributed by atoms with E-state index in [2.05, 4.69) is 11.6 Å². The lowest BCUT2D eigenvalue weighted by Gasteiger charge is -1.88. The SMILES string of the molecule is C=CCN=Cc1ccccc1.[H+]. The Morgan fingerprint density at radius 2 is 2.09 bits per heavy atom. The third kappa shape index (κ3) is 2.80. The maximum atomic E-state index is 4.12. The van der Waals surface area contributed by atoms with Gasteiger partial charge in [0, 0.05) is 6.21 Å². The van der Waals surface area contributed by atoms with Gasteiger partial charge in [-0.05, 0) is 5.56 Å². The maximum Gasteiger partial charge on any atom is 1.00 e. The summed E-state index contributed by atoms with van der Waals surface area (Å²) in [5, 5.41) is 0. The lowest BCUT2D eigenvalue weighted by Crippen LogP contribution is -1.79. The summed E-state index contributed by atoms with van der Waals surface area (Å²) in [6, 6.07) is 10.0. The largest absolute Gasteiger partial charge is 1.00 e. The van der Waals surface area contributed by atoms with Gasteiger partial charge >= 0.3 is 1.43 Å². The van der Waals surface area contributed by atoms with E-state index in [0.717, 1.165) is 5.56 Å². The van der Waals surface area contributed by atoms with E-state index in [-0.39, 0.29) is 1.43 Å². The van der Waals surface area contributed by atoms with E-state index in [0.29, 0.717) is 6.54 Å². The average molecular weight is 146 g/mol. The lowest BCUT2D eigenvalue weighted by atomic mass is 10.2. The molecule has 0 bridgehead atoms. The summed E-state index contributed by atoms with van der Waals surface area (Å²) >= 11 is 0. The van der Waals surface area contributed by atoms with Crippen molar-refractivity contribution in [1.29, 1.82) is 0 Å². The van der Waals surface area contributed by atoms with Crippen molar-refractivity contribution >= 4 is 6.21 Å². The van der Waals surface area contributed by atoms with Gasteiger partial charge in [0.2, 0.25) is 0 Å². The molecule has 0 amide bonds. The Labute approximate surface area is 68.6 Å². The van der Waals surface area contributed by atoms with Crippen LogP contribution in [0.4, 0.5) is 0 Å². The van der Waals surface area contributed by atoms with Gasteiger partial charge in [0.1, 0.15) is 0 Å². The zero-order valence-corrected chi connectivity index (χ0v) is 6.40. The van der Waals surface area contributed by atoms with Crippen LogP contribution in [-0.2, 0) is 0 Å². The molecule has 0 heterocycles. The standard InChI is InChI=1S/C10H11N/c1-2-8-11-9-10-6-4-3-5-7-10/h2-7,9H,1,8H2/p+1. The van der Waals surface area contributed by atoms with Crippen LogP contribution >= 0.6 is 0 Å². The maximum absolute atomic E-state index is 4.12. The van der Waals surface area contributed by atoms with Crippen molar-refractivity contribution in [3.8, 4) is 0 Å². The number of nitrogens with zero attached hydrogens (tertiary/aromatic N) is 1. The van der Waals surface area contributed by atoms with E-state index in [1.165, 1.54) is 0 Å². The molecule has 1 nitrogen and oxygen atoms in total. The first-order valence-electron chi connectivity index (χ1n) is 3.59. The summed E-state index contributed by atoms with van der Waals surface area (Å²) in [5.74, 6) is 0. The summed E-state index contributed by atoms with van der Waals surface area (Å²) in [5.41, 5.74) is 1.13. The molecule has 0 N–H and O–H groups in total. The Balaban J connectivity index is 0.00000121. The van der Waals surface area contributed by atoms with Crippen molar-refractivity contribution in [2.75, 3.05) is 6.54 Å². The van der Waals surface area contributed by atoms with Crippen LogP contribution < -0.4 is 0 Å². The fraction of sp³-hybridized carbons (Fsp3) is 0.100. The Morgan fingerprint density at radius 1 is 1.36 bits per heavy atom. The second-order valence-corrected chi connectivity index (χ2v) is 2.19. The lowest BCUT2D eigenvalue weighted by molar-refractivity contribution is 1.26. The predicted octanol–water partition coefficient (Wildman–Crippen LogP) is 2.40. The molecule has 0 radical (unpaired) electrons. The van der Waals surface area contributed by atoms with Crippen LogP contribution in [0.15, 0.2) is 48.0 Å². The molecule has 1 aromatic rings. The van der Waals surface area contributed by atoms with Gasteiger partial charge in [0.05, 0.1) is 6.54 Å². The Kier molecular flexibility index (Phi) is 3.13. The summed E-state index contributed by atoms with van der Waals surface area (Å²) in [6.07, 6.45) is 3.63. The van der Waals surface area contributed by atoms with E-state index < -0.39 is 0 Å². The molecule has 0 saturated heterocycles. The molecule has 0 atom stereocenters. The van der Waals surface area contributed by atoms with Gasteiger partial charge in [-0.3, -0.25) is 4.99 Å². The van der Waals surface area contributed by atoms with Crippen molar-refractivity contribution in [1.82, 2.24) is 0 Å². The zero-order valence-electron chi connectivity index (χ0n) is 7.40. The molecular formula is C10H12N+. The first kappa shape index (κ1) is 7.73. The highest BCUT2D eigenvalue weighted by atomic mass is 14.7. The molecule has 1 aromatic carbocycles. The highest BCUT2D eigenvalue weighted by molar-refractivity contribution is 5.79. The molecular weight excluding hydrogens is 134 g/mol. The number of hydrogen-bond donors (Lipinski definition) is 0. The fourth-order valence-electron chi connectivity index (χ4n) is 0.772. The molecule has 0 spiro atoms. The van der Waals surface area contributed by atoms with Gasteiger partial charge in [-0.2, -0.15) is 0 Å². The summed E-state index contributed by atoms with van der Waals surface area (Å²) in [6.45, 7) is 4.27. The Hall–Kier alpha value is -1.37. The van der Waals surface area contributed by atoms with Crippen molar-refractivity contribution in [2.24, 2.45) is 4.99 Å². The minimum atomic E-state index is 0. The molecule has 0 aliphatic rings. The van der Waals surface area contributed by atoms with Crippen molar-refractivity contribution < 1.29 is 1.43 Å². The number of aliphatic imine (C=N–C) groups is 1. The third-order valence-corrected chi connectivity index (χ3v) is 1.27. The minimum absolute atomic E-state index is 0. The zero-order chi connectivity index (χ0) is 7.94. The molecule has 1 rings (SSSR count). The minimum Gasteiger partial charge on any atom is -0.288 e. The van der Waals surface area contributed by atoms with Crippen LogP contribution in [0.5, 0.6) is 0 Å². The van der Waals surface area contributed by atoms with Crippen LogP contribution in [0.25, 0.3) is 0 Å². The normalized spacial score (nSPS) is 10.2. The molecule has 11 heavy (non-hydrogen) atoms. The van der Waals surface area contributed by atoms with Gasteiger partial charge in [0.25, 0.3) is 0 Å². The van der Waals surface area contributed by atoms with Crippen molar-refractivity contribution in [3.63, 3.8) is 0 Å². The number of hydrogen-bond acceptors (Lipinski definition) is 1. The van der Waals surface area contributed by atoms with Crippen LogP contribution in [0, 0.1) is 0 Å². The van der Waals surface area contributed by atoms with Crippen LogP contribution in [-0.4, -0.2) is 12.8 Å². The van der Waals surface area contributed by atoms with Gasteiger partial charge < -0.3 is 0 Å². The molecule has 56 valence electrons. The second kappa shape index (κ2) is 4.45. The summed E-state index contributed by atoms with van der Waals surface area (Å²) < 4.78 is 0. The highest BCUT2D eigenvalue weighted by Gasteiger charge is 1.80. The van der Waals surface area contributed by atoms with E-state index in [9.17, 15) is 0 Å². The van der Waals surface area contributed by atoms with E-state index in [4.69, 9.17) is 0 Å². The first-order valence-corrected chi connectivity index (χ1v) is 3.59. The van der Waals surface area contributed by atoms with E-state index in [1.54, 1.807) is 6.08 Å². The van der Waals surface area contributed by atoms with Crippen LogP contribution in [0.3, 0.4) is 0 Å². The first-order chi connectivity index (χ1) is 5.43. The van der Waals surface area contributed by atoms with Crippen molar-refractivity contribution in [2.45, 2.75) is 0 Å². The van der Waals surface area contributed by atoms with Crippen LogP contribution in [0.1, 0.15) is 6.99 Å². The smallest absolute Gasteiger partial charge is 0.288 e. The molecule has 0 fully saturated rings. The van der Waals surface area contributed by atoms with Gasteiger partial charge in [-0.25, -0.2) is 0 Å². The van der Waals surface area contributed by atoms with Gasteiger partial charge in [-0.15, -0.1) is 6.58 Å². The number of rotatable bonds is 3. The Morgan fingerprint density at radius 3 is 2.73 bits per heavy atom. The molecule has 0 saturated carbocycles. The molecule has 0 aromatic heterocycles. The van der Waals surface area contributed by atoms with Gasteiger partial charge in [-0.1, -0.05) is 36.4 Å². The Bertz CT molecular complexity index is 241. The summed E-state index contributed by atoms with van der Waals surface area (Å²) in [7, 11) is 0. The summed E-state index contributed by atoms with van der Waals surface area (Å²) in [4.78, 5) is 4.12. The molecule has 0 aliphatic heterocycles. The predicted molar refractivity (Wildman–Crippen MR) is 50.2 cm³/mol. The van der Waals surface area contributed by atoms with E-state index in [1.807, 2.05) is 36.5 Å². The highest BCUT2D eigenvalue weighted by Crippen LogP contribution is 1.93. The number of benzene rings is 1. The van der Waals surface area contributed by atoms with Crippen LogP contribution in [0.2, 0.25) is 0 Å². The topological polar surface area (TPSA) is 12.4 Å². The van der Waals surface area contributed by atoms with Gasteiger partial charge in [0.15, 0.2) is 0 Å². The quantitative estimate of drug-likeness (QED) is 0.458. The van der Waals surface area contributed by atoms with E-state index >= 15 is 0 Å². The monoisotopic (exact) mass is 146 g/mol. The fourth-order valence-corrected chi connectivity index (χ4v) is 0.772. The molecule has 1 heteroatoms. The molecule has 0 aliphatic carbocycles.